The van der Waals surface area contributed by atoms with Crippen molar-refractivity contribution in [2.24, 2.45) is 5.16 Å². The summed E-state index contributed by atoms with van der Waals surface area (Å²) >= 11 is 5.86. The van der Waals surface area contributed by atoms with E-state index >= 15 is 0 Å². The van der Waals surface area contributed by atoms with Crippen LogP contribution in [0.1, 0.15) is 23.6 Å². The van der Waals surface area contributed by atoms with Crippen LogP contribution in [0.2, 0.25) is 0 Å². The second-order valence-corrected chi connectivity index (χ2v) is 3.71. The maximum Gasteiger partial charge on any atom is 0.262 e. The number of hydrogen-bond acceptors (Lipinski definition) is 3. The van der Waals surface area contributed by atoms with E-state index in [2.05, 4.69) is 11.7 Å². The van der Waals surface area contributed by atoms with Crippen LogP contribution < -0.4 is 0 Å². The number of allylic oxidation sites excluding steroid dienone is 1. The summed E-state index contributed by atoms with van der Waals surface area (Å²) in [5, 5.41) is 12.0. The van der Waals surface area contributed by atoms with Crippen LogP contribution in [0.5, 0.6) is 0 Å². The molecule has 0 bridgehead atoms. The summed E-state index contributed by atoms with van der Waals surface area (Å²) < 4.78 is 5.23. The molecule has 3 nitrogen and oxygen atoms in total. The van der Waals surface area contributed by atoms with Gasteiger partial charge in [0.15, 0.2) is 0 Å². The molecular weight excluding hydrogens is 226 g/mol. The number of halogens is 1. The van der Waals surface area contributed by atoms with E-state index in [4.69, 9.17) is 21.5 Å². The Morgan fingerprint density at radius 2 is 2.25 bits per heavy atom. The van der Waals surface area contributed by atoms with Gasteiger partial charge in [-0.25, -0.2) is 0 Å². The summed E-state index contributed by atoms with van der Waals surface area (Å²) in [6, 6.07) is 5.59. The number of aryl methyl sites for hydroxylation is 1. The summed E-state index contributed by atoms with van der Waals surface area (Å²) in [7, 11) is 0. The van der Waals surface area contributed by atoms with Crippen LogP contribution in [-0.4, -0.2) is 11.1 Å². The van der Waals surface area contributed by atoms with E-state index in [-0.39, 0.29) is 5.90 Å². The second-order valence-electron chi connectivity index (χ2n) is 3.44. The van der Waals surface area contributed by atoms with Crippen molar-refractivity contribution < 1.29 is 9.94 Å². The van der Waals surface area contributed by atoms with Gasteiger partial charge in [0.25, 0.3) is 5.90 Å². The maximum atomic E-state index is 8.92. The highest BCUT2D eigenvalue weighted by Gasteiger charge is 2.13. The Hall–Kier alpha value is -1.48. The molecule has 0 radical (unpaired) electrons. The summed E-state index contributed by atoms with van der Waals surface area (Å²) in [5.41, 5.74) is 2.60. The van der Waals surface area contributed by atoms with Gasteiger partial charge in [-0.1, -0.05) is 18.7 Å². The van der Waals surface area contributed by atoms with Gasteiger partial charge in [0, 0.05) is 11.4 Å². The highest BCUT2D eigenvalue weighted by atomic mass is 35.5. The first-order valence-electron chi connectivity index (χ1n) is 4.80. The molecule has 0 aliphatic carbocycles. The molecule has 0 saturated carbocycles. The standard InChI is InChI=1S/C12H14ClNO2/c1-8(2)16-12(14-15)10-6-4-5-9(3)11(10)7-13/h4-6,15H,1,7H2,2-3H3. The van der Waals surface area contributed by atoms with Gasteiger partial charge in [0.05, 0.1) is 5.76 Å². The molecular formula is C12H14ClNO2. The molecule has 16 heavy (non-hydrogen) atoms. The second kappa shape index (κ2) is 5.56. The van der Waals surface area contributed by atoms with Crippen molar-refractivity contribution in [1.29, 1.82) is 0 Å². The molecule has 0 fully saturated rings. The highest BCUT2D eigenvalue weighted by molar-refractivity contribution is 6.18. The zero-order valence-corrected chi connectivity index (χ0v) is 10.1. The Kier molecular flexibility index (Phi) is 4.38. The van der Waals surface area contributed by atoms with Gasteiger partial charge in [-0.2, -0.15) is 0 Å². The largest absolute Gasteiger partial charge is 0.442 e. The smallest absolute Gasteiger partial charge is 0.262 e. The fourth-order valence-electron chi connectivity index (χ4n) is 1.37. The third-order valence-electron chi connectivity index (χ3n) is 2.14. The Balaban J connectivity index is 3.20. The van der Waals surface area contributed by atoms with Gasteiger partial charge in [-0.15, -0.1) is 11.6 Å². The topological polar surface area (TPSA) is 41.8 Å². The third kappa shape index (κ3) is 2.76. The van der Waals surface area contributed by atoms with Gasteiger partial charge in [-0.05, 0) is 36.2 Å². The summed E-state index contributed by atoms with van der Waals surface area (Å²) in [4.78, 5) is 0. The lowest BCUT2D eigenvalue weighted by Crippen LogP contribution is -2.09. The number of alkyl halides is 1. The molecule has 1 aromatic rings. The lowest BCUT2D eigenvalue weighted by atomic mass is 10.0. The van der Waals surface area contributed by atoms with Crippen LogP contribution in [-0.2, 0) is 10.6 Å². The summed E-state index contributed by atoms with van der Waals surface area (Å²) in [6.45, 7) is 7.22. The molecule has 0 aliphatic heterocycles. The van der Waals surface area contributed by atoms with E-state index in [0.29, 0.717) is 17.2 Å². The molecule has 0 amide bonds. The number of nitrogens with zero attached hydrogens (tertiary/aromatic N) is 1. The first-order valence-corrected chi connectivity index (χ1v) is 5.33. The average molecular weight is 240 g/mol. The van der Waals surface area contributed by atoms with Crippen LogP contribution in [0, 0.1) is 6.92 Å². The van der Waals surface area contributed by atoms with Crippen LogP contribution in [0.15, 0.2) is 35.7 Å². The maximum absolute atomic E-state index is 8.92. The van der Waals surface area contributed by atoms with Crippen LogP contribution in [0.25, 0.3) is 0 Å². The van der Waals surface area contributed by atoms with Crippen molar-refractivity contribution in [1.82, 2.24) is 0 Å². The molecule has 1 N–H and O–H groups in total. The molecule has 4 heteroatoms. The lowest BCUT2D eigenvalue weighted by molar-refractivity contribution is 0.291. The Morgan fingerprint density at radius 1 is 1.56 bits per heavy atom. The van der Waals surface area contributed by atoms with E-state index in [1.165, 1.54) is 0 Å². The molecule has 1 aromatic carbocycles. The summed E-state index contributed by atoms with van der Waals surface area (Å²) in [6.07, 6.45) is 0. The predicted octanol–water partition coefficient (Wildman–Crippen LogP) is 3.42. The fraction of sp³-hybridized carbons (Fsp3) is 0.250. The first-order chi connectivity index (χ1) is 7.60. The van der Waals surface area contributed by atoms with Crippen molar-refractivity contribution in [3.05, 3.63) is 47.2 Å². The minimum absolute atomic E-state index is 0.117. The molecule has 0 atom stereocenters. The van der Waals surface area contributed by atoms with Crippen molar-refractivity contribution in [2.45, 2.75) is 19.7 Å². The minimum Gasteiger partial charge on any atom is -0.442 e. The number of rotatable bonds is 3. The van der Waals surface area contributed by atoms with Crippen LogP contribution in [0.4, 0.5) is 0 Å². The number of hydrogen-bond donors (Lipinski definition) is 1. The van der Waals surface area contributed by atoms with Crippen LogP contribution in [0.3, 0.4) is 0 Å². The van der Waals surface area contributed by atoms with Gasteiger partial charge in [-0.3, -0.25) is 0 Å². The van der Waals surface area contributed by atoms with Crippen molar-refractivity contribution >= 4 is 17.5 Å². The van der Waals surface area contributed by atoms with E-state index in [9.17, 15) is 0 Å². The van der Waals surface area contributed by atoms with Crippen molar-refractivity contribution in [3.8, 4) is 0 Å². The zero-order valence-electron chi connectivity index (χ0n) is 9.33. The lowest BCUT2D eigenvalue weighted by Gasteiger charge is -2.11. The summed E-state index contributed by atoms with van der Waals surface area (Å²) in [5.74, 6) is 0.905. The van der Waals surface area contributed by atoms with Gasteiger partial charge in [0.1, 0.15) is 0 Å². The Bertz CT molecular complexity index is 427. The predicted molar refractivity (Wildman–Crippen MR) is 65.0 cm³/mol. The molecule has 0 heterocycles. The minimum atomic E-state index is 0.117. The molecule has 0 aliphatic rings. The third-order valence-corrected chi connectivity index (χ3v) is 2.40. The fourth-order valence-corrected chi connectivity index (χ4v) is 1.73. The van der Waals surface area contributed by atoms with Gasteiger partial charge < -0.3 is 9.94 Å². The zero-order chi connectivity index (χ0) is 12.1. The highest BCUT2D eigenvalue weighted by Crippen LogP contribution is 2.18. The normalized spacial score (nSPS) is 11.3. The van der Waals surface area contributed by atoms with Crippen LogP contribution >= 0.6 is 11.6 Å². The van der Waals surface area contributed by atoms with E-state index in [1.54, 1.807) is 13.0 Å². The average Bonchev–Trinajstić information content (AvgIpc) is 2.25. The molecule has 0 saturated heterocycles. The van der Waals surface area contributed by atoms with Gasteiger partial charge >= 0.3 is 0 Å². The van der Waals surface area contributed by atoms with E-state index < -0.39 is 0 Å². The SMILES string of the molecule is C=C(C)OC(=NO)c1cccc(C)c1CCl. The molecule has 0 unspecified atom stereocenters. The molecule has 86 valence electrons. The number of benzene rings is 1. The number of oxime groups is 1. The monoisotopic (exact) mass is 239 g/mol. The van der Waals surface area contributed by atoms with E-state index in [1.807, 2.05) is 19.1 Å². The quantitative estimate of drug-likeness (QED) is 0.219. The molecule has 0 spiro atoms. The van der Waals surface area contributed by atoms with E-state index in [0.717, 1.165) is 11.1 Å². The molecule has 0 aromatic heterocycles. The molecule has 1 rings (SSSR count). The first kappa shape index (κ1) is 12.6. The number of ether oxygens (including phenoxy) is 1. The van der Waals surface area contributed by atoms with Crippen molar-refractivity contribution in [2.75, 3.05) is 0 Å². The van der Waals surface area contributed by atoms with Gasteiger partial charge in [0.2, 0.25) is 0 Å². The Morgan fingerprint density at radius 3 is 2.75 bits per heavy atom. The Labute approximate surface area is 100.0 Å². The van der Waals surface area contributed by atoms with Crippen molar-refractivity contribution in [3.63, 3.8) is 0 Å².